The molecule has 0 radical (unpaired) electrons. The maximum Gasteiger partial charge on any atom is 0.306 e. The Morgan fingerprint density at radius 1 is 1.19 bits per heavy atom. The Morgan fingerprint density at radius 3 is 2.52 bits per heavy atom. The van der Waals surface area contributed by atoms with Crippen LogP contribution in [-0.2, 0) is 23.0 Å². The lowest BCUT2D eigenvalue weighted by atomic mass is 10.1. The van der Waals surface area contributed by atoms with Crippen molar-refractivity contribution in [3.63, 3.8) is 0 Å². The van der Waals surface area contributed by atoms with E-state index in [-0.39, 0.29) is 29.9 Å². The second kappa shape index (κ2) is 7.20. The van der Waals surface area contributed by atoms with Gasteiger partial charge in [-0.2, -0.15) is 0 Å². The van der Waals surface area contributed by atoms with Crippen molar-refractivity contribution in [2.75, 3.05) is 0 Å². The standard InChI is InChI=1S/C17H22NO2.HI/c1-17(2,3)20-16(19)10-9-15-14-8-6-5-7-13(14)11-12-18(15)4;/h5-8,11-12H,9-10H2,1-4H3;1H/q+1;/p-1. The molecule has 0 saturated carbocycles. The molecule has 0 amide bonds. The molecule has 0 atom stereocenters. The van der Waals surface area contributed by atoms with Crippen molar-refractivity contribution in [3.05, 3.63) is 42.2 Å². The minimum Gasteiger partial charge on any atom is -1.00 e. The van der Waals surface area contributed by atoms with Crippen LogP contribution in [0.3, 0.4) is 0 Å². The van der Waals surface area contributed by atoms with Crippen LogP contribution >= 0.6 is 0 Å². The largest absolute Gasteiger partial charge is 1.00 e. The van der Waals surface area contributed by atoms with Gasteiger partial charge in [0.15, 0.2) is 11.9 Å². The molecule has 2 rings (SSSR count). The number of carbonyl (C=O) groups is 1. The van der Waals surface area contributed by atoms with Crippen LogP contribution in [-0.4, -0.2) is 11.6 Å². The minimum atomic E-state index is -0.419. The first-order chi connectivity index (χ1) is 9.37. The number of aromatic nitrogens is 1. The molecule has 1 aromatic carbocycles. The Bertz CT molecular complexity index is 632. The molecule has 0 fully saturated rings. The zero-order chi connectivity index (χ0) is 14.8. The lowest BCUT2D eigenvalue weighted by molar-refractivity contribution is -0.677. The summed E-state index contributed by atoms with van der Waals surface area (Å²) in [4.78, 5) is 11.8. The fourth-order valence-electron chi connectivity index (χ4n) is 2.30. The average molecular weight is 399 g/mol. The molecule has 0 N–H and O–H groups in total. The Balaban J connectivity index is 0.00000220. The first kappa shape index (κ1) is 17.9. The van der Waals surface area contributed by atoms with Crippen LogP contribution in [0.25, 0.3) is 10.8 Å². The molecule has 0 bridgehead atoms. The van der Waals surface area contributed by atoms with Crippen LogP contribution in [0.15, 0.2) is 36.5 Å². The quantitative estimate of drug-likeness (QED) is 0.412. The molecule has 0 aliphatic heterocycles. The molecule has 0 spiro atoms. The molecule has 1 heterocycles. The van der Waals surface area contributed by atoms with E-state index in [4.69, 9.17) is 4.74 Å². The number of hydrogen-bond acceptors (Lipinski definition) is 2. The number of rotatable bonds is 3. The molecule has 1 aromatic heterocycles. The number of aryl methyl sites for hydroxylation is 2. The zero-order valence-electron chi connectivity index (χ0n) is 13.0. The van der Waals surface area contributed by atoms with E-state index in [1.807, 2.05) is 46.1 Å². The Kier molecular flexibility index (Phi) is 6.13. The molecule has 0 saturated heterocycles. The van der Waals surface area contributed by atoms with E-state index in [0.29, 0.717) is 12.8 Å². The van der Waals surface area contributed by atoms with Crippen LogP contribution < -0.4 is 28.5 Å². The fourth-order valence-corrected chi connectivity index (χ4v) is 2.30. The van der Waals surface area contributed by atoms with Gasteiger partial charge in [-0.1, -0.05) is 18.2 Å². The predicted octanol–water partition coefficient (Wildman–Crippen LogP) is -0.0574. The van der Waals surface area contributed by atoms with Crippen LogP contribution in [0.2, 0.25) is 0 Å². The molecule has 0 unspecified atom stereocenters. The van der Waals surface area contributed by atoms with Gasteiger partial charge < -0.3 is 28.7 Å². The monoisotopic (exact) mass is 399 g/mol. The van der Waals surface area contributed by atoms with E-state index in [9.17, 15) is 4.79 Å². The molecular weight excluding hydrogens is 377 g/mol. The summed E-state index contributed by atoms with van der Waals surface area (Å²) in [6.07, 6.45) is 3.12. The summed E-state index contributed by atoms with van der Waals surface area (Å²) in [5.41, 5.74) is 0.742. The van der Waals surface area contributed by atoms with E-state index < -0.39 is 5.60 Å². The smallest absolute Gasteiger partial charge is 0.306 e. The van der Waals surface area contributed by atoms with Gasteiger partial charge in [0.1, 0.15) is 12.6 Å². The Morgan fingerprint density at radius 2 is 1.86 bits per heavy atom. The second-order valence-electron chi connectivity index (χ2n) is 6.05. The van der Waals surface area contributed by atoms with Gasteiger partial charge in [0, 0.05) is 17.9 Å². The van der Waals surface area contributed by atoms with Crippen molar-refractivity contribution in [3.8, 4) is 0 Å². The number of halogens is 1. The van der Waals surface area contributed by atoms with Crippen molar-refractivity contribution in [1.82, 2.24) is 0 Å². The van der Waals surface area contributed by atoms with Gasteiger partial charge in [0.05, 0.1) is 6.42 Å². The van der Waals surface area contributed by atoms with Crippen LogP contribution in [0.4, 0.5) is 0 Å². The third kappa shape index (κ3) is 4.95. The molecule has 2 aromatic rings. The topological polar surface area (TPSA) is 30.2 Å². The number of esters is 1. The van der Waals surface area contributed by atoms with Crippen molar-refractivity contribution < 1.29 is 38.1 Å². The highest BCUT2D eigenvalue weighted by molar-refractivity contribution is 5.83. The number of benzene rings is 1. The fraction of sp³-hybridized carbons (Fsp3) is 0.412. The van der Waals surface area contributed by atoms with E-state index in [1.165, 1.54) is 10.8 Å². The van der Waals surface area contributed by atoms with Gasteiger partial charge in [-0.3, -0.25) is 4.79 Å². The lowest BCUT2D eigenvalue weighted by Crippen LogP contribution is -3.00. The van der Waals surface area contributed by atoms with E-state index in [1.54, 1.807) is 0 Å². The maximum absolute atomic E-state index is 11.8. The molecule has 3 nitrogen and oxygen atoms in total. The number of pyridine rings is 1. The number of fused-ring (bicyclic) bond motifs is 1. The highest BCUT2D eigenvalue weighted by atomic mass is 127. The summed E-state index contributed by atoms with van der Waals surface area (Å²) in [6.45, 7) is 5.68. The maximum atomic E-state index is 11.8. The lowest BCUT2D eigenvalue weighted by Gasteiger charge is -2.19. The van der Waals surface area contributed by atoms with Gasteiger partial charge in [-0.05, 0) is 32.2 Å². The molecular formula is C17H22INO2. The van der Waals surface area contributed by atoms with Crippen molar-refractivity contribution in [2.24, 2.45) is 7.05 Å². The summed E-state index contributed by atoms with van der Waals surface area (Å²) in [5.74, 6) is -0.148. The van der Waals surface area contributed by atoms with Crippen molar-refractivity contribution in [2.45, 2.75) is 39.2 Å². The van der Waals surface area contributed by atoms with Gasteiger partial charge >= 0.3 is 5.97 Å². The summed E-state index contributed by atoms with van der Waals surface area (Å²) in [5, 5.41) is 2.39. The van der Waals surface area contributed by atoms with E-state index >= 15 is 0 Å². The minimum absolute atomic E-state index is 0. The highest BCUT2D eigenvalue weighted by Crippen LogP contribution is 2.17. The van der Waals surface area contributed by atoms with Crippen molar-refractivity contribution >= 4 is 16.7 Å². The Labute approximate surface area is 143 Å². The second-order valence-corrected chi connectivity index (χ2v) is 6.05. The highest BCUT2D eigenvalue weighted by Gasteiger charge is 2.19. The predicted molar refractivity (Wildman–Crippen MR) is 79.3 cm³/mol. The van der Waals surface area contributed by atoms with Crippen LogP contribution in [0.1, 0.15) is 32.9 Å². The first-order valence-electron chi connectivity index (χ1n) is 6.95. The normalized spacial score (nSPS) is 11.0. The van der Waals surface area contributed by atoms with Gasteiger partial charge in [-0.15, -0.1) is 0 Å². The number of ether oxygens (including phenoxy) is 1. The first-order valence-corrected chi connectivity index (χ1v) is 6.95. The Hall–Kier alpha value is -1.17. The van der Waals surface area contributed by atoms with E-state index in [0.717, 1.165) is 5.69 Å². The molecule has 21 heavy (non-hydrogen) atoms. The molecule has 4 heteroatoms. The number of carbonyl (C=O) groups excluding carboxylic acids is 1. The molecule has 0 aliphatic carbocycles. The van der Waals surface area contributed by atoms with Crippen LogP contribution in [0, 0.1) is 0 Å². The average Bonchev–Trinajstić information content (AvgIpc) is 2.35. The summed E-state index contributed by atoms with van der Waals surface area (Å²) in [6, 6.07) is 10.3. The molecule has 0 aliphatic rings. The number of hydrogen-bond donors (Lipinski definition) is 0. The molecule has 114 valence electrons. The zero-order valence-corrected chi connectivity index (χ0v) is 15.2. The summed E-state index contributed by atoms with van der Waals surface area (Å²) >= 11 is 0. The third-order valence-electron chi connectivity index (χ3n) is 3.16. The van der Waals surface area contributed by atoms with Gasteiger partial charge in [-0.25, -0.2) is 4.57 Å². The SMILES string of the molecule is C[n+]1ccc2ccccc2c1CCC(=O)OC(C)(C)C.[I-]. The number of nitrogens with zero attached hydrogens (tertiary/aromatic N) is 1. The van der Waals surface area contributed by atoms with E-state index in [2.05, 4.69) is 22.8 Å². The van der Waals surface area contributed by atoms with Gasteiger partial charge in [0.2, 0.25) is 0 Å². The van der Waals surface area contributed by atoms with Crippen molar-refractivity contribution in [1.29, 1.82) is 0 Å². The summed E-state index contributed by atoms with van der Waals surface area (Å²) in [7, 11) is 2.01. The van der Waals surface area contributed by atoms with Crippen LogP contribution in [0.5, 0.6) is 0 Å². The van der Waals surface area contributed by atoms with Gasteiger partial charge in [0.25, 0.3) is 0 Å². The third-order valence-corrected chi connectivity index (χ3v) is 3.16. The summed E-state index contributed by atoms with van der Waals surface area (Å²) < 4.78 is 7.44.